The third kappa shape index (κ3) is 4.04. The van der Waals surface area contributed by atoms with Crippen molar-refractivity contribution in [2.75, 3.05) is 19.0 Å². The van der Waals surface area contributed by atoms with Gasteiger partial charge in [0, 0.05) is 18.1 Å². The second kappa shape index (κ2) is 9.18. The number of pyridine rings is 1. The van der Waals surface area contributed by atoms with Gasteiger partial charge < -0.3 is 14.8 Å². The van der Waals surface area contributed by atoms with Gasteiger partial charge >= 0.3 is 11.7 Å². The Morgan fingerprint density at radius 2 is 2.00 bits per heavy atom. The predicted octanol–water partition coefficient (Wildman–Crippen LogP) is 1.86. The number of aromatic nitrogens is 3. The van der Waals surface area contributed by atoms with Gasteiger partial charge in [0.05, 0.1) is 19.3 Å². The summed E-state index contributed by atoms with van der Waals surface area (Å²) < 4.78 is 12.5. The van der Waals surface area contributed by atoms with Crippen LogP contribution in [0.25, 0.3) is 11.0 Å². The number of anilines is 1. The molecule has 3 aromatic heterocycles. The first kappa shape index (κ1) is 22.7. The molecule has 0 unspecified atom stereocenters. The third-order valence-corrected chi connectivity index (χ3v) is 6.82. The highest BCUT2D eigenvalue weighted by molar-refractivity contribution is 7.17. The van der Waals surface area contributed by atoms with Crippen molar-refractivity contribution in [1.29, 1.82) is 0 Å². The first-order valence-corrected chi connectivity index (χ1v) is 11.4. The molecule has 10 nitrogen and oxygen atoms in total. The maximum absolute atomic E-state index is 13.1. The van der Waals surface area contributed by atoms with E-state index < -0.39 is 29.7 Å². The van der Waals surface area contributed by atoms with Crippen LogP contribution in [-0.2, 0) is 36.0 Å². The van der Waals surface area contributed by atoms with Crippen LogP contribution in [0.2, 0.25) is 0 Å². The number of hydrogen-bond acceptors (Lipinski definition) is 8. The summed E-state index contributed by atoms with van der Waals surface area (Å²) in [6.07, 6.45) is 4.99. The van der Waals surface area contributed by atoms with E-state index in [1.807, 2.05) is 0 Å². The largest absolute Gasteiger partial charge is 0.496 e. The van der Waals surface area contributed by atoms with Crippen LogP contribution in [0.3, 0.4) is 0 Å². The summed E-state index contributed by atoms with van der Waals surface area (Å²) in [4.78, 5) is 56.6. The van der Waals surface area contributed by atoms with Crippen LogP contribution < -0.4 is 21.3 Å². The number of carbonyl (C=O) groups excluding carboxylic acids is 2. The molecule has 1 amide bonds. The Kier molecular flexibility index (Phi) is 6.32. The number of aryl methyl sites for hydroxylation is 2. The Labute approximate surface area is 192 Å². The van der Waals surface area contributed by atoms with E-state index in [9.17, 15) is 19.2 Å². The Bertz CT molecular complexity index is 1370. The number of esters is 1. The lowest BCUT2D eigenvalue weighted by Crippen LogP contribution is -2.42. The monoisotopic (exact) mass is 472 g/mol. The highest BCUT2D eigenvalue weighted by Crippen LogP contribution is 2.38. The molecule has 0 atom stereocenters. The number of nitrogens with one attached hydrogen (secondary N) is 1. The molecule has 0 aromatic carbocycles. The van der Waals surface area contributed by atoms with Gasteiger partial charge in [-0.1, -0.05) is 0 Å². The van der Waals surface area contributed by atoms with Crippen molar-refractivity contribution in [3.8, 4) is 5.75 Å². The van der Waals surface area contributed by atoms with E-state index in [1.165, 1.54) is 42.3 Å². The van der Waals surface area contributed by atoms with Gasteiger partial charge in [0.2, 0.25) is 5.91 Å². The molecular formula is C22H24N4O6S. The van der Waals surface area contributed by atoms with Gasteiger partial charge in [0.25, 0.3) is 5.56 Å². The van der Waals surface area contributed by atoms with Crippen LogP contribution in [0, 0.1) is 0 Å². The summed E-state index contributed by atoms with van der Waals surface area (Å²) in [6, 6.07) is 1.51. The van der Waals surface area contributed by atoms with E-state index >= 15 is 0 Å². The van der Waals surface area contributed by atoms with Crippen LogP contribution in [0.5, 0.6) is 5.75 Å². The van der Waals surface area contributed by atoms with Crippen LogP contribution in [0.1, 0.15) is 40.6 Å². The van der Waals surface area contributed by atoms with Crippen LogP contribution >= 0.6 is 11.3 Å². The Morgan fingerprint density at radius 3 is 2.73 bits per heavy atom. The molecule has 33 heavy (non-hydrogen) atoms. The number of nitrogens with zero attached hydrogens (tertiary/aromatic N) is 3. The number of thiophene rings is 1. The van der Waals surface area contributed by atoms with Gasteiger partial charge in [-0.15, -0.1) is 11.3 Å². The minimum Gasteiger partial charge on any atom is -0.496 e. The van der Waals surface area contributed by atoms with Gasteiger partial charge in [-0.2, -0.15) is 0 Å². The second-order valence-corrected chi connectivity index (χ2v) is 8.73. The molecule has 11 heteroatoms. The molecule has 0 aliphatic heterocycles. The average molecular weight is 473 g/mol. The van der Waals surface area contributed by atoms with E-state index in [0.717, 1.165) is 40.7 Å². The predicted molar refractivity (Wildman–Crippen MR) is 123 cm³/mol. The number of rotatable bonds is 6. The molecule has 0 saturated heterocycles. The van der Waals surface area contributed by atoms with Crippen molar-refractivity contribution >= 4 is 39.2 Å². The molecule has 0 fully saturated rings. The van der Waals surface area contributed by atoms with Crippen molar-refractivity contribution in [3.05, 3.63) is 49.1 Å². The average Bonchev–Trinajstić information content (AvgIpc) is 3.17. The number of methoxy groups -OCH3 is 1. The quantitative estimate of drug-likeness (QED) is 0.544. The minimum absolute atomic E-state index is 0.105. The third-order valence-electron chi connectivity index (χ3n) is 5.61. The van der Waals surface area contributed by atoms with E-state index in [2.05, 4.69) is 10.3 Å². The van der Waals surface area contributed by atoms with Crippen molar-refractivity contribution < 1.29 is 19.1 Å². The maximum atomic E-state index is 13.1. The summed E-state index contributed by atoms with van der Waals surface area (Å²) in [5, 5.41) is 3.22. The fourth-order valence-corrected chi connectivity index (χ4v) is 5.37. The molecule has 4 rings (SSSR count). The number of amides is 1. The zero-order valence-corrected chi connectivity index (χ0v) is 19.4. The van der Waals surface area contributed by atoms with E-state index in [4.69, 9.17) is 9.47 Å². The minimum atomic E-state index is -0.681. The lowest BCUT2D eigenvalue weighted by molar-refractivity contribution is -0.116. The first-order chi connectivity index (χ1) is 15.9. The topological polar surface area (TPSA) is 122 Å². The highest BCUT2D eigenvalue weighted by Gasteiger charge is 2.27. The number of hydrogen-bond donors (Lipinski definition) is 1. The molecule has 0 saturated carbocycles. The van der Waals surface area contributed by atoms with Crippen LogP contribution in [0.4, 0.5) is 5.00 Å². The summed E-state index contributed by atoms with van der Waals surface area (Å²) in [6.45, 7) is 1.42. The van der Waals surface area contributed by atoms with Crippen LogP contribution in [0.15, 0.2) is 21.9 Å². The fourth-order valence-electron chi connectivity index (χ4n) is 4.07. The molecular weight excluding hydrogens is 448 g/mol. The summed E-state index contributed by atoms with van der Waals surface area (Å²) in [5.74, 6) is -0.826. The number of carbonyl (C=O) groups is 2. The summed E-state index contributed by atoms with van der Waals surface area (Å²) >= 11 is 1.34. The van der Waals surface area contributed by atoms with Crippen molar-refractivity contribution in [2.45, 2.75) is 39.2 Å². The van der Waals surface area contributed by atoms with Gasteiger partial charge in [-0.25, -0.2) is 19.1 Å². The second-order valence-electron chi connectivity index (χ2n) is 7.63. The van der Waals surface area contributed by atoms with Crippen molar-refractivity contribution in [1.82, 2.24) is 14.1 Å². The van der Waals surface area contributed by atoms with E-state index in [1.54, 1.807) is 6.92 Å². The zero-order valence-electron chi connectivity index (χ0n) is 18.6. The Balaban J connectivity index is 1.71. The standard InChI is InChI=1S/C22H24N4O6S/c1-4-32-21(29)16-12-7-5-6-8-14(12)33-19(16)24-15(27)11-26-20(28)17-13(31-3)9-10-23-18(17)25(2)22(26)30/h9-10H,4-8,11H2,1-3H3,(H,24,27). The Morgan fingerprint density at radius 1 is 1.24 bits per heavy atom. The fraction of sp³-hybridized carbons (Fsp3) is 0.409. The van der Waals surface area contributed by atoms with Gasteiger partial charge in [-0.05, 0) is 44.2 Å². The van der Waals surface area contributed by atoms with Gasteiger partial charge in [-0.3, -0.25) is 14.2 Å². The Hall–Kier alpha value is -3.47. The lowest BCUT2D eigenvalue weighted by Gasteiger charge is -2.13. The molecule has 174 valence electrons. The van der Waals surface area contributed by atoms with Gasteiger partial charge in [0.1, 0.15) is 22.7 Å². The SMILES string of the molecule is CCOC(=O)c1c(NC(=O)Cn2c(=O)c3c(OC)ccnc3n(C)c2=O)sc2c1CCCC2. The molecule has 1 N–H and O–H groups in total. The molecule has 1 aliphatic rings. The first-order valence-electron chi connectivity index (χ1n) is 10.6. The summed E-state index contributed by atoms with van der Waals surface area (Å²) in [7, 11) is 2.88. The molecule has 0 radical (unpaired) electrons. The van der Waals surface area contributed by atoms with E-state index in [-0.39, 0.29) is 23.4 Å². The molecule has 3 heterocycles. The van der Waals surface area contributed by atoms with Gasteiger partial charge in [0.15, 0.2) is 5.65 Å². The molecule has 0 spiro atoms. The number of ether oxygens (including phenoxy) is 2. The summed E-state index contributed by atoms with van der Waals surface area (Å²) in [5.41, 5.74) is 0.0875. The highest BCUT2D eigenvalue weighted by atomic mass is 32.1. The normalized spacial score (nSPS) is 12.9. The zero-order chi connectivity index (χ0) is 23.7. The van der Waals surface area contributed by atoms with Crippen LogP contribution in [-0.4, -0.2) is 39.7 Å². The smallest absolute Gasteiger partial charge is 0.341 e. The molecule has 1 aliphatic carbocycles. The molecule has 0 bridgehead atoms. The lowest BCUT2D eigenvalue weighted by atomic mass is 9.95. The van der Waals surface area contributed by atoms with Crippen molar-refractivity contribution in [2.24, 2.45) is 7.05 Å². The van der Waals surface area contributed by atoms with E-state index in [0.29, 0.717) is 10.6 Å². The van der Waals surface area contributed by atoms with Crippen molar-refractivity contribution in [3.63, 3.8) is 0 Å². The number of fused-ring (bicyclic) bond motifs is 2. The maximum Gasteiger partial charge on any atom is 0.341 e. The molecule has 3 aromatic rings.